The second-order valence-corrected chi connectivity index (χ2v) is 7.22. The predicted molar refractivity (Wildman–Crippen MR) is 101 cm³/mol. The first-order valence-corrected chi connectivity index (χ1v) is 9.33. The first-order chi connectivity index (χ1) is 13.6. The number of carbonyl (C=O) groups is 1. The zero-order valence-corrected chi connectivity index (χ0v) is 15.2. The predicted octanol–water partition coefficient (Wildman–Crippen LogP) is 2.81. The summed E-state index contributed by atoms with van der Waals surface area (Å²) >= 11 is 0. The summed E-state index contributed by atoms with van der Waals surface area (Å²) < 4.78 is 13.7. The van der Waals surface area contributed by atoms with Crippen LogP contribution in [0.25, 0.3) is 0 Å². The number of rotatable bonds is 3. The Hall–Kier alpha value is -3.15. The highest BCUT2D eigenvalue weighted by Gasteiger charge is 2.53. The molecule has 1 aliphatic heterocycles. The summed E-state index contributed by atoms with van der Waals surface area (Å²) in [5, 5.41) is 19.3. The number of halogens is 1. The summed E-state index contributed by atoms with van der Waals surface area (Å²) in [6.07, 6.45) is 1.73. The van der Waals surface area contributed by atoms with Crippen molar-refractivity contribution in [3.63, 3.8) is 0 Å². The molecule has 0 bridgehead atoms. The quantitative estimate of drug-likeness (QED) is 0.841. The van der Waals surface area contributed by atoms with Crippen molar-refractivity contribution in [2.75, 3.05) is 6.61 Å². The molecule has 1 heterocycles. The number of nitrogens with zero attached hydrogens (tertiary/aromatic N) is 2. The summed E-state index contributed by atoms with van der Waals surface area (Å²) in [6.45, 7) is -0.170. The van der Waals surface area contributed by atoms with Crippen LogP contribution in [-0.2, 0) is 4.79 Å². The van der Waals surface area contributed by atoms with Gasteiger partial charge in [-0.25, -0.2) is 4.39 Å². The van der Waals surface area contributed by atoms with E-state index in [4.69, 9.17) is 0 Å². The molecule has 0 aromatic heterocycles. The van der Waals surface area contributed by atoms with Gasteiger partial charge >= 0.3 is 0 Å². The lowest BCUT2D eigenvalue weighted by atomic mass is 9.75. The number of nitriles is 1. The molecule has 1 N–H and O–H groups in total. The van der Waals surface area contributed by atoms with Gasteiger partial charge < -0.3 is 10.0 Å². The van der Waals surface area contributed by atoms with E-state index < -0.39 is 6.04 Å². The number of hydrogen-bond donors (Lipinski definition) is 1. The van der Waals surface area contributed by atoms with Crippen LogP contribution in [-0.4, -0.2) is 34.6 Å². The van der Waals surface area contributed by atoms with Gasteiger partial charge in [0.25, 0.3) is 0 Å². The molecule has 2 fully saturated rings. The number of hydrogen-bond acceptors (Lipinski definition) is 3. The fourth-order valence-corrected chi connectivity index (χ4v) is 3.74. The van der Waals surface area contributed by atoms with E-state index in [9.17, 15) is 19.6 Å². The van der Waals surface area contributed by atoms with E-state index in [1.165, 1.54) is 6.07 Å². The third-order valence-electron chi connectivity index (χ3n) is 5.42. The van der Waals surface area contributed by atoms with Gasteiger partial charge in [0.1, 0.15) is 11.9 Å². The second-order valence-electron chi connectivity index (χ2n) is 7.22. The van der Waals surface area contributed by atoms with Crippen LogP contribution in [0.2, 0.25) is 0 Å². The zero-order valence-electron chi connectivity index (χ0n) is 15.2. The molecule has 3 atom stereocenters. The first-order valence-electron chi connectivity index (χ1n) is 9.33. The van der Waals surface area contributed by atoms with Gasteiger partial charge in [-0.05, 0) is 42.7 Å². The molecule has 1 saturated heterocycles. The lowest BCUT2D eigenvalue weighted by Crippen LogP contribution is -2.65. The van der Waals surface area contributed by atoms with Crippen molar-refractivity contribution in [3.05, 3.63) is 71.0 Å². The van der Waals surface area contributed by atoms with Crippen molar-refractivity contribution in [1.82, 2.24) is 4.90 Å². The van der Waals surface area contributed by atoms with Crippen LogP contribution in [0.4, 0.5) is 4.39 Å². The molecule has 4 nitrogen and oxygen atoms in total. The number of likely N-dealkylation sites (tertiary alicyclic amines) is 1. The Morgan fingerprint density at radius 3 is 2.46 bits per heavy atom. The van der Waals surface area contributed by atoms with Gasteiger partial charge in [0.2, 0.25) is 5.91 Å². The van der Waals surface area contributed by atoms with Crippen molar-refractivity contribution < 1.29 is 14.3 Å². The molecule has 0 radical (unpaired) electrons. The zero-order chi connectivity index (χ0) is 19.7. The highest BCUT2D eigenvalue weighted by molar-refractivity contribution is 5.83. The minimum absolute atomic E-state index is 0.0156. The van der Waals surface area contributed by atoms with Gasteiger partial charge in [-0.3, -0.25) is 4.79 Å². The van der Waals surface area contributed by atoms with Gasteiger partial charge in [0.05, 0.1) is 24.3 Å². The van der Waals surface area contributed by atoms with Crippen LogP contribution in [0.5, 0.6) is 0 Å². The highest BCUT2D eigenvalue weighted by atomic mass is 19.1. The van der Waals surface area contributed by atoms with Crippen molar-refractivity contribution >= 4 is 5.91 Å². The first kappa shape index (κ1) is 18.2. The Balaban J connectivity index is 1.53. The van der Waals surface area contributed by atoms with E-state index >= 15 is 0 Å². The van der Waals surface area contributed by atoms with Crippen molar-refractivity contribution in [1.29, 1.82) is 5.26 Å². The van der Waals surface area contributed by atoms with E-state index in [0.717, 1.165) is 24.0 Å². The maximum absolute atomic E-state index is 13.7. The van der Waals surface area contributed by atoms with Crippen molar-refractivity contribution in [3.8, 4) is 17.9 Å². The third kappa shape index (κ3) is 3.26. The second kappa shape index (κ2) is 7.46. The van der Waals surface area contributed by atoms with Crippen LogP contribution >= 0.6 is 0 Å². The molecule has 1 amide bonds. The lowest BCUT2D eigenvalue weighted by Gasteiger charge is -2.51. The van der Waals surface area contributed by atoms with Crippen LogP contribution in [0, 0.1) is 34.9 Å². The Morgan fingerprint density at radius 1 is 1.14 bits per heavy atom. The molecule has 0 unspecified atom stereocenters. The van der Waals surface area contributed by atoms with E-state index in [0.29, 0.717) is 5.56 Å². The maximum Gasteiger partial charge on any atom is 0.227 e. The molecule has 140 valence electrons. The normalized spacial score (nSPS) is 23.2. The van der Waals surface area contributed by atoms with Gasteiger partial charge in [-0.15, -0.1) is 0 Å². The third-order valence-corrected chi connectivity index (χ3v) is 5.42. The summed E-state index contributed by atoms with van der Waals surface area (Å²) in [4.78, 5) is 14.0. The standard InChI is InChI=1S/C23H19FN2O2/c24-19-4-2-1-3-16(19)8-5-15-6-9-17(10-7-15)22-20(13-25)26(21(22)14-27)23(28)18-11-12-18/h1-4,6-7,9-10,18,20-22,27H,11-12,14H2/t20-,21-,22+/m0/s1. The minimum atomic E-state index is -0.555. The molecular formula is C23H19FN2O2. The summed E-state index contributed by atoms with van der Waals surface area (Å²) in [5.41, 5.74) is 1.96. The molecule has 2 aromatic rings. The highest BCUT2D eigenvalue weighted by Crippen LogP contribution is 2.44. The van der Waals surface area contributed by atoms with Gasteiger partial charge in [0, 0.05) is 17.4 Å². The molecule has 28 heavy (non-hydrogen) atoms. The molecule has 1 aliphatic carbocycles. The van der Waals surface area contributed by atoms with Gasteiger partial charge in [-0.1, -0.05) is 36.1 Å². The Morgan fingerprint density at radius 2 is 1.86 bits per heavy atom. The summed E-state index contributed by atoms with van der Waals surface area (Å²) in [6, 6.07) is 15.0. The topological polar surface area (TPSA) is 64.3 Å². The Kier molecular flexibility index (Phi) is 4.86. The molecule has 4 rings (SSSR count). The summed E-state index contributed by atoms with van der Waals surface area (Å²) in [7, 11) is 0. The Bertz CT molecular complexity index is 996. The molecule has 2 aromatic carbocycles. The monoisotopic (exact) mass is 374 g/mol. The molecule has 5 heteroatoms. The average Bonchev–Trinajstić information content (AvgIpc) is 3.53. The fraction of sp³-hybridized carbons (Fsp3) is 0.304. The average molecular weight is 374 g/mol. The van der Waals surface area contributed by atoms with Crippen molar-refractivity contribution in [2.45, 2.75) is 30.8 Å². The molecule has 0 spiro atoms. The maximum atomic E-state index is 13.7. The SMILES string of the molecule is N#C[C@H]1[C@@H](c2ccc(C#Cc3ccccc3F)cc2)[C@H](CO)N1C(=O)C1CC1. The molecule has 2 aliphatic rings. The van der Waals surface area contributed by atoms with Gasteiger partial charge in [0.15, 0.2) is 0 Å². The number of amides is 1. The number of carbonyl (C=O) groups excluding carboxylic acids is 1. The molecular weight excluding hydrogens is 355 g/mol. The van der Waals surface area contributed by atoms with E-state index in [1.807, 2.05) is 24.3 Å². The van der Waals surface area contributed by atoms with Gasteiger partial charge in [-0.2, -0.15) is 5.26 Å². The van der Waals surface area contributed by atoms with Crippen molar-refractivity contribution in [2.24, 2.45) is 5.92 Å². The Labute approximate surface area is 163 Å². The summed E-state index contributed by atoms with van der Waals surface area (Å²) in [5.74, 6) is 5.18. The van der Waals surface area contributed by atoms with Crippen LogP contribution in [0.15, 0.2) is 48.5 Å². The smallest absolute Gasteiger partial charge is 0.227 e. The number of aliphatic hydroxyl groups excluding tert-OH is 1. The molecule has 1 saturated carbocycles. The van der Waals surface area contributed by atoms with E-state index in [-0.39, 0.29) is 36.2 Å². The van der Waals surface area contributed by atoms with Crippen LogP contribution < -0.4 is 0 Å². The minimum Gasteiger partial charge on any atom is -0.394 e. The lowest BCUT2D eigenvalue weighted by molar-refractivity contribution is -0.148. The van der Waals surface area contributed by atoms with Crippen LogP contribution in [0.3, 0.4) is 0 Å². The fourth-order valence-electron chi connectivity index (χ4n) is 3.74. The van der Waals surface area contributed by atoms with Crippen LogP contribution in [0.1, 0.15) is 35.4 Å². The largest absolute Gasteiger partial charge is 0.394 e. The number of aliphatic hydroxyl groups is 1. The number of benzene rings is 2. The van der Waals surface area contributed by atoms with E-state index in [2.05, 4.69) is 17.9 Å². The van der Waals surface area contributed by atoms with E-state index in [1.54, 1.807) is 23.1 Å².